The van der Waals surface area contributed by atoms with E-state index in [9.17, 15) is 0 Å². The van der Waals surface area contributed by atoms with Gasteiger partial charge in [-0.25, -0.2) is 0 Å². The number of allylic oxidation sites excluding steroid dienone is 3. The summed E-state index contributed by atoms with van der Waals surface area (Å²) in [5, 5.41) is 0. The second kappa shape index (κ2) is 22.8. The molecule has 0 heteroatoms. The SMILES string of the molecule is CC.CC.CC=C=C/C=C(/C)CCC. The van der Waals surface area contributed by atoms with Gasteiger partial charge in [-0.2, -0.15) is 0 Å². The van der Waals surface area contributed by atoms with Gasteiger partial charge in [0.25, 0.3) is 0 Å². The normalized spacial score (nSPS) is 8.36. The van der Waals surface area contributed by atoms with Crippen LogP contribution in [-0.4, -0.2) is 0 Å². The Morgan fingerprint density at radius 1 is 1.14 bits per heavy atom. The molecule has 0 saturated carbocycles. The zero-order chi connectivity index (χ0) is 11.8. The molecule has 0 amide bonds. The Kier molecular flexibility index (Phi) is 30.8. The van der Waals surface area contributed by atoms with Gasteiger partial charge in [-0.15, -0.1) is 5.73 Å². The molecule has 0 fully saturated rings. The molecule has 0 N–H and O–H groups in total. The quantitative estimate of drug-likeness (QED) is 0.412. The van der Waals surface area contributed by atoms with E-state index in [0.29, 0.717) is 0 Å². The molecule has 0 radical (unpaired) electrons. The van der Waals surface area contributed by atoms with Crippen LogP contribution in [0.4, 0.5) is 0 Å². The number of hydrogen-bond donors (Lipinski definition) is 0. The summed E-state index contributed by atoms with van der Waals surface area (Å²) in [6, 6.07) is 0. The predicted octanol–water partition coefficient (Wildman–Crippen LogP) is 5.52. The van der Waals surface area contributed by atoms with Crippen LogP contribution in [0.25, 0.3) is 0 Å². The maximum absolute atomic E-state index is 3.01. The van der Waals surface area contributed by atoms with Gasteiger partial charge in [0.15, 0.2) is 0 Å². The lowest BCUT2D eigenvalue weighted by atomic mass is 10.2. The van der Waals surface area contributed by atoms with Crippen molar-refractivity contribution in [2.75, 3.05) is 0 Å². The van der Waals surface area contributed by atoms with E-state index < -0.39 is 0 Å². The monoisotopic (exact) mass is 196 g/mol. The van der Waals surface area contributed by atoms with Gasteiger partial charge in [-0.05, 0) is 32.4 Å². The Hall–Kier alpha value is -0.740. The lowest BCUT2D eigenvalue weighted by Crippen LogP contribution is -1.71. The number of rotatable bonds is 3. The maximum atomic E-state index is 3.01. The third-order valence-corrected chi connectivity index (χ3v) is 1.28. The lowest BCUT2D eigenvalue weighted by molar-refractivity contribution is 0.906. The second-order valence-corrected chi connectivity index (χ2v) is 2.39. The van der Waals surface area contributed by atoms with Crippen LogP contribution in [0, 0.1) is 0 Å². The van der Waals surface area contributed by atoms with Gasteiger partial charge in [0, 0.05) is 0 Å². The highest BCUT2D eigenvalue weighted by molar-refractivity contribution is 5.09. The molecule has 14 heavy (non-hydrogen) atoms. The van der Waals surface area contributed by atoms with Crippen molar-refractivity contribution in [3.8, 4) is 0 Å². The van der Waals surface area contributed by atoms with Crippen LogP contribution in [0.15, 0.2) is 29.5 Å². The fraction of sp³-hybridized carbons (Fsp3) is 0.643. The van der Waals surface area contributed by atoms with Crippen LogP contribution in [0.5, 0.6) is 0 Å². The molecule has 0 bridgehead atoms. The highest BCUT2D eigenvalue weighted by Gasteiger charge is 1.81. The average Bonchev–Trinajstić information content (AvgIpc) is 2.25. The van der Waals surface area contributed by atoms with Crippen LogP contribution >= 0.6 is 0 Å². The summed E-state index contributed by atoms with van der Waals surface area (Å²) in [5.74, 6) is 0. The van der Waals surface area contributed by atoms with E-state index in [2.05, 4.69) is 25.7 Å². The van der Waals surface area contributed by atoms with Gasteiger partial charge in [0.05, 0.1) is 0 Å². The van der Waals surface area contributed by atoms with E-state index >= 15 is 0 Å². The Balaban J connectivity index is -0.000000266. The summed E-state index contributed by atoms with van der Waals surface area (Å²) in [7, 11) is 0. The zero-order valence-corrected chi connectivity index (χ0v) is 11.1. The van der Waals surface area contributed by atoms with Crippen LogP contribution < -0.4 is 0 Å². The van der Waals surface area contributed by atoms with Gasteiger partial charge in [-0.1, -0.05) is 52.7 Å². The minimum absolute atomic E-state index is 1.20. The zero-order valence-electron chi connectivity index (χ0n) is 11.1. The fourth-order valence-corrected chi connectivity index (χ4v) is 0.764. The van der Waals surface area contributed by atoms with Crippen molar-refractivity contribution in [2.24, 2.45) is 0 Å². The molecular formula is C14H28. The molecule has 0 aliphatic rings. The van der Waals surface area contributed by atoms with Crippen molar-refractivity contribution in [1.82, 2.24) is 0 Å². The standard InChI is InChI=1S/C10H16.2C2H6/c1-4-6-7-9-10(3)8-5-2;2*1-2/h4,7,9H,5,8H2,1-3H3;2*1-2H3/b10-9-;;. The summed E-state index contributed by atoms with van der Waals surface area (Å²) in [5.41, 5.74) is 4.44. The Labute approximate surface area is 91.4 Å². The van der Waals surface area contributed by atoms with E-state index in [1.807, 2.05) is 46.8 Å². The Morgan fingerprint density at radius 2 is 1.64 bits per heavy atom. The molecule has 0 rings (SSSR count). The van der Waals surface area contributed by atoms with Gasteiger partial charge >= 0.3 is 0 Å². The molecular weight excluding hydrogens is 168 g/mol. The molecule has 0 saturated heterocycles. The van der Waals surface area contributed by atoms with Crippen LogP contribution in [0.3, 0.4) is 0 Å². The van der Waals surface area contributed by atoms with E-state index in [4.69, 9.17) is 0 Å². The molecule has 0 atom stereocenters. The predicted molar refractivity (Wildman–Crippen MR) is 69.7 cm³/mol. The molecule has 0 nitrogen and oxygen atoms in total. The third-order valence-electron chi connectivity index (χ3n) is 1.28. The van der Waals surface area contributed by atoms with E-state index in [1.54, 1.807) is 0 Å². The Bertz CT molecular complexity index is 155. The van der Waals surface area contributed by atoms with Gasteiger partial charge in [0.1, 0.15) is 0 Å². The molecule has 0 aliphatic carbocycles. The van der Waals surface area contributed by atoms with Crippen molar-refractivity contribution in [1.29, 1.82) is 0 Å². The Morgan fingerprint density at radius 3 is 2.00 bits per heavy atom. The first-order chi connectivity index (χ1) is 6.81. The molecule has 84 valence electrons. The molecule has 0 aliphatic heterocycles. The highest BCUT2D eigenvalue weighted by atomic mass is 13.9. The summed E-state index contributed by atoms with van der Waals surface area (Å²) in [4.78, 5) is 0. The maximum Gasteiger partial charge on any atom is -0.0204 e. The summed E-state index contributed by atoms with van der Waals surface area (Å²) < 4.78 is 0. The first-order valence-corrected chi connectivity index (χ1v) is 5.84. The molecule has 0 aromatic heterocycles. The van der Waals surface area contributed by atoms with Crippen LogP contribution in [-0.2, 0) is 0 Å². The summed E-state index contributed by atoms with van der Waals surface area (Å²) >= 11 is 0. The van der Waals surface area contributed by atoms with Crippen LogP contribution in [0.2, 0.25) is 0 Å². The highest BCUT2D eigenvalue weighted by Crippen LogP contribution is 2.01. The molecule has 0 aromatic carbocycles. The smallest absolute Gasteiger partial charge is 0.0204 e. The second-order valence-electron chi connectivity index (χ2n) is 2.39. The van der Waals surface area contributed by atoms with Crippen molar-refractivity contribution in [3.05, 3.63) is 29.5 Å². The van der Waals surface area contributed by atoms with Crippen LogP contribution in [0.1, 0.15) is 61.3 Å². The van der Waals surface area contributed by atoms with Gasteiger partial charge < -0.3 is 0 Å². The number of hydrogen-bond acceptors (Lipinski definition) is 0. The van der Waals surface area contributed by atoms with E-state index in [1.165, 1.54) is 18.4 Å². The van der Waals surface area contributed by atoms with E-state index in [-0.39, 0.29) is 0 Å². The molecule has 0 spiro atoms. The van der Waals surface area contributed by atoms with Gasteiger partial charge in [0.2, 0.25) is 0 Å². The largest absolute Gasteiger partial charge is 0.125 e. The molecule has 0 aromatic rings. The fourth-order valence-electron chi connectivity index (χ4n) is 0.764. The third kappa shape index (κ3) is 22.5. The minimum atomic E-state index is 1.20. The van der Waals surface area contributed by atoms with Crippen molar-refractivity contribution in [2.45, 2.75) is 61.3 Å². The summed E-state index contributed by atoms with van der Waals surface area (Å²) in [6.07, 6.45) is 8.41. The molecule has 0 heterocycles. The molecule has 0 unspecified atom stereocenters. The summed E-state index contributed by atoms with van der Waals surface area (Å²) in [6.45, 7) is 14.3. The van der Waals surface area contributed by atoms with E-state index in [0.717, 1.165) is 0 Å². The first kappa shape index (κ1) is 18.9. The topological polar surface area (TPSA) is 0 Å². The van der Waals surface area contributed by atoms with Crippen molar-refractivity contribution < 1.29 is 0 Å². The van der Waals surface area contributed by atoms with Crippen molar-refractivity contribution in [3.63, 3.8) is 0 Å². The minimum Gasteiger partial charge on any atom is -0.125 e. The average molecular weight is 196 g/mol. The van der Waals surface area contributed by atoms with Gasteiger partial charge in [-0.3, -0.25) is 0 Å². The van der Waals surface area contributed by atoms with Crippen molar-refractivity contribution >= 4 is 0 Å². The lowest BCUT2D eigenvalue weighted by Gasteiger charge is -1.91. The first-order valence-electron chi connectivity index (χ1n) is 5.84.